The van der Waals surface area contributed by atoms with Crippen molar-refractivity contribution in [3.8, 4) is 0 Å². The van der Waals surface area contributed by atoms with Crippen molar-refractivity contribution in [3.05, 3.63) is 44.2 Å². The van der Waals surface area contributed by atoms with Gasteiger partial charge in [-0.2, -0.15) is 0 Å². The van der Waals surface area contributed by atoms with Crippen molar-refractivity contribution < 1.29 is 0 Å². The lowest BCUT2D eigenvalue weighted by Crippen LogP contribution is -2.21. The summed E-state index contributed by atoms with van der Waals surface area (Å²) in [6, 6.07) is 5.78. The smallest absolute Gasteiger partial charge is 0.260 e. The zero-order chi connectivity index (χ0) is 11.9. The van der Waals surface area contributed by atoms with Gasteiger partial charge in [0.1, 0.15) is 0 Å². The highest BCUT2D eigenvalue weighted by molar-refractivity contribution is 9.10. The molecule has 84 valence electrons. The fourth-order valence-electron chi connectivity index (χ4n) is 1.69. The maximum atomic E-state index is 12.2. The third kappa shape index (κ3) is 1.78. The normalized spacial score (nSPS) is 11.3. The number of aromatic nitrogens is 1. The summed E-state index contributed by atoms with van der Waals surface area (Å²) in [6.07, 6.45) is 1.81. The first kappa shape index (κ1) is 11.7. The van der Waals surface area contributed by atoms with E-state index in [4.69, 9.17) is 11.6 Å². The zero-order valence-electron chi connectivity index (χ0n) is 9.00. The van der Waals surface area contributed by atoms with Crippen LogP contribution in [0.2, 0.25) is 5.02 Å². The minimum atomic E-state index is -0.0428. The van der Waals surface area contributed by atoms with Gasteiger partial charge in [-0.15, -0.1) is 0 Å². The highest BCUT2D eigenvalue weighted by atomic mass is 79.9. The summed E-state index contributed by atoms with van der Waals surface area (Å²) >= 11 is 9.48. The number of hydrogen-bond acceptors (Lipinski definition) is 1. The molecular weight excluding hydrogens is 289 g/mol. The van der Waals surface area contributed by atoms with Gasteiger partial charge in [-0.1, -0.05) is 17.7 Å². The third-order valence-corrected chi connectivity index (χ3v) is 3.83. The van der Waals surface area contributed by atoms with Crippen molar-refractivity contribution in [2.45, 2.75) is 19.9 Å². The molecule has 0 saturated carbocycles. The maximum absolute atomic E-state index is 12.2. The van der Waals surface area contributed by atoms with E-state index in [1.807, 2.05) is 32.0 Å². The second-order valence-electron chi connectivity index (χ2n) is 3.95. The number of halogens is 2. The van der Waals surface area contributed by atoms with Gasteiger partial charge < -0.3 is 4.57 Å². The second kappa shape index (κ2) is 4.22. The van der Waals surface area contributed by atoms with E-state index in [0.29, 0.717) is 10.4 Å². The standard InChI is InChI=1S/C12H11BrClNO/c1-7(2)15-6-5-8-3-4-9(13)11(14)10(8)12(15)16/h3-7H,1-2H3. The van der Waals surface area contributed by atoms with Crippen LogP contribution in [0, 0.1) is 0 Å². The Morgan fingerprint density at radius 3 is 2.62 bits per heavy atom. The summed E-state index contributed by atoms with van der Waals surface area (Å²) < 4.78 is 2.43. The highest BCUT2D eigenvalue weighted by Gasteiger charge is 2.10. The molecule has 2 nitrogen and oxygen atoms in total. The topological polar surface area (TPSA) is 22.0 Å². The Bertz CT molecular complexity index is 604. The van der Waals surface area contributed by atoms with Crippen molar-refractivity contribution in [1.29, 1.82) is 0 Å². The lowest BCUT2D eigenvalue weighted by Gasteiger charge is -2.11. The molecule has 0 radical (unpaired) electrons. The third-order valence-electron chi connectivity index (χ3n) is 2.55. The fraction of sp³-hybridized carbons (Fsp3) is 0.250. The summed E-state index contributed by atoms with van der Waals surface area (Å²) in [5, 5.41) is 1.93. The highest BCUT2D eigenvalue weighted by Crippen LogP contribution is 2.28. The monoisotopic (exact) mass is 299 g/mol. The Kier molecular flexibility index (Phi) is 3.08. The van der Waals surface area contributed by atoms with E-state index < -0.39 is 0 Å². The molecule has 2 aromatic rings. The molecule has 2 rings (SSSR count). The van der Waals surface area contributed by atoms with Crippen LogP contribution < -0.4 is 5.56 Å². The van der Waals surface area contributed by atoms with E-state index in [1.165, 1.54) is 0 Å². The first-order valence-corrected chi connectivity index (χ1v) is 6.18. The predicted molar refractivity (Wildman–Crippen MR) is 71.3 cm³/mol. The van der Waals surface area contributed by atoms with Crippen molar-refractivity contribution in [1.82, 2.24) is 4.57 Å². The summed E-state index contributed by atoms with van der Waals surface area (Å²) in [6.45, 7) is 3.94. The molecule has 1 aromatic heterocycles. The van der Waals surface area contributed by atoms with Gasteiger partial charge in [0.15, 0.2) is 0 Å². The van der Waals surface area contributed by atoms with Gasteiger partial charge >= 0.3 is 0 Å². The van der Waals surface area contributed by atoms with Crippen molar-refractivity contribution >= 4 is 38.3 Å². The van der Waals surface area contributed by atoms with E-state index in [9.17, 15) is 4.79 Å². The van der Waals surface area contributed by atoms with E-state index in [-0.39, 0.29) is 11.6 Å². The van der Waals surface area contributed by atoms with Crippen molar-refractivity contribution in [2.75, 3.05) is 0 Å². The molecule has 0 aliphatic carbocycles. The number of hydrogen-bond donors (Lipinski definition) is 0. The molecule has 0 unspecified atom stereocenters. The number of benzene rings is 1. The van der Waals surface area contributed by atoms with Gasteiger partial charge in [-0.25, -0.2) is 0 Å². The van der Waals surface area contributed by atoms with Crippen molar-refractivity contribution in [3.63, 3.8) is 0 Å². The zero-order valence-corrected chi connectivity index (χ0v) is 11.3. The quantitative estimate of drug-likeness (QED) is 0.780. The molecule has 0 aliphatic rings. The summed E-state index contributed by atoms with van der Waals surface area (Å²) in [7, 11) is 0. The van der Waals surface area contributed by atoms with E-state index in [2.05, 4.69) is 15.9 Å². The van der Waals surface area contributed by atoms with Crippen LogP contribution in [0.3, 0.4) is 0 Å². The molecule has 1 aromatic carbocycles. The van der Waals surface area contributed by atoms with Crippen LogP contribution in [0.5, 0.6) is 0 Å². The lowest BCUT2D eigenvalue weighted by atomic mass is 10.1. The van der Waals surface area contributed by atoms with Gasteiger partial charge in [0.25, 0.3) is 5.56 Å². The Hall–Kier alpha value is -0.800. The molecule has 0 spiro atoms. The minimum absolute atomic E-state index is 0.0428. The average molecular weight is 301 g/mol. The van der Waals surface area contributed by atoms with Crippen LogP contribution in [0.25, 0.3) is 10.8 Å². The van der Waals surface area contributed by atoms with Crippen LogP contribution in [-0.2, 0) is 0 Å². The first-order chi connectivity index (χ1) is 7.52. The van der Waals surface area contributed by atoms with Gasteiger partial charge in [-0.05, 0) is 47.3 Å². The van der Waals surface area contributed by atoms with Crippen LogP contribution in [0.15, 0.2) is 33.7 Å². The molecule has 0 fully saturated rings. The number of pyridine rings is 1. The van der Waals surface area contributed by atoms with Gasteiger partial charge in [0, 0.05) is 16.7 Å². The SMILES string of the molecule is CC(C)n1ccc2ccc(Br)c(Cl)c2c1=O. The molecule has 1 heterocycles. The maximum Gasteiger partial charge on any atom is 0.260 e. The Labute approximate surface area is 107 Å². The first-order valence-electron chi connectivity index (χ1n) is 5.01. The molecule has 0 atom stereocenters. The molecule has 0 N–H and O–H groups in total. The Balaban J connectivity index is 2.93. The van der Waals surface area contributed by atoms with Crippen LogP contribution in [0.1, 0.15) is 19.9 Å². The van der Waals surface area contributed by atoms with Gasteiger partial charge in [0.2, 0.25) is 0 Å². The molecule has 0 aliphatic heterocycles. The Morgan fingerprint density at radius 2 is 2.00 bits per heavy atom. The molecular formula is C12H11BrClNO. The molecule has 16 heavy (non-hydrogen) atoms. The largest absolute Gasteiger partial charge is 0.312 e. The van der Waals surface area contributed by atoms with Gasteiger partial charge in [-0.3, -0.25) is 4.79 Å². The molecule has 4 heteroatoms. The van der Waals surface area contributed by atoms with Crippen LogP contribution in [0.4, 0.5) is 0 Å². The summed E-state index contributed by atoms with van der Waals surface area (Å²) in [5.41, 5.74) is -0.0428. The molecule has 0 saturated heterocycles. The van der Waals surface area contributed by atoms with Crippen LogP contribution >= 0.6 is 27.5 Å². The molecule has 0 amide bonds. The fourth-order valence-corrected chi connectivity index (χ4v) is 2.27. The van der Waals surface area contributed by atoms with E-state index >= 15 is 0 Å². The van der Waals surface area contributed by atoms with Crippen molar-refractivity contribution in [2.24, 2.45) is 0 Å². The number of fused-ring (bicyclic) bond motifs is 1. The lowest BCUT2D eigenvalue weighted by molar-refractivity contribution is 0.583. The number of rotatable bonds is 1. The second-order valence-corrected chi connectivity index (χ2v) is 5.18. The summed E-state index contributed by atoms with van der Waals surface area (Å²) in [4.78, 5) is 12.2. The van der Waals surface area contributed by atoms with E-state index in [1.54, 1.807) is 10.8 Å². The average Bonchev–Trinajstić information content (AvgIpc) is 2.23. The Morgan fingerprint density at radius 1 is 1.31 bits per heavy atom. The molecule has 0 bridgehead atoms. The van der Waals surface area contributed by atoms with Crippen LogP contribution in [-0.4, -0.2) is 4.57 Å². The summed E-state index contributed by atoms with van der Waals surface area (Å²) in [5.74, 6) is 0. The predicted octanol–water partition coefficient (Wildman–Crippen LogP) is 4.00. The number of nitrogens with zero attached hydrogens (tertiary/aromatic N) is 1. The van der Waals surface area contributed by atoms with Gasteiger partial charge in [0.05, 0.1) is 10.4 Å². The minimum Gasteiger partial charge on any atom is -0.312 e. The van der Waals surface area contributed by atoms with E-state index in [0.717, 1.165) is 9.86 Å².